The fraction of sp³-hybridized carbons (Fsp3) is 0.0952. The number of halogens is 2. The Balaban J connectivity index is 1.34. The van der Waals surface area contributed by atoms with Crippen molar-refractivity contribution < 1.29 is 13.9 Å². The van der Waals surface area contributed by atoms with Crippen LogP contribution in [0.1, 0.15) is 16.1 Å². The fourth-order valence-corrected chi connectivity index (χ4v) is 2.93. The van der Waals surface area contributed by atoms with Crippen LogP contribution in [0, 0.1) is 5.82 Å². The zero-order chi connectivity index (χ0) is 20.9. The van der Waals surface area contributed by atoms with Crippen LogP contribution in [0.5, 0.6) is 5.75 Å². The van der Waals surface area contributed by atoms with Gasteiger partial charge in [-0.3, -0.25) is 9.48 Å². The molecule has 1 N–H and O–H groups in total. The van der Waals surface area contributed by atoms with Crippen LogP contribution >= 0.6 is 11.6 Å². The van der Waals surface area contributed by atoms with Crippen LogP contribution in [0.25, 0.3) is 0 Å². The standard InChI is InChI=1S/C21H17ClFN5O2/c22-16-5-3-6-17(12-16)30-14-28-10-8-19(25-28)21(29)24-20-9-11-27(26-20)13-15-4-1-2-7-18(15)23/h1-12H,13-14H2,(H,24,26,29). The average molecular weight is 426 g/mol. The summed E-state index contributed by atoms with van der Waals surface area (Å²) in [5, 5.41) is 11.7. The molecule has 0 aliphatic heterocycles. The van der Waals surface area contributed by atoms with Crippen molar-refractivity contribution in [3.05, 3.63) is 95.2 Å². The number of anilines is 1. The maximum atomic E-state index is 13.8. The van der Waals surface area contributed by atoms with E-state index in [0.29, 0.717) is 22.2 Å². The molecule has 4 aromatic rings. The number of ether oxygens (including phenoxy) is 1. The van der Waals surface area contributed by atoms with E-state index in [1.54, 1.807) is 71.7 Å². The molecule has 4 rings (SSSR count). The number of aromatic nitrogens is 4. The number of carbonyl (C=O) groups excluding carboxylic acids is 1. The Bertz CT molecular complexity index is 1170. The van der Waals surface area contributed by atoms with Gasteiger partial charge >= 0.3 is 0 Å². The quantitative estimate of drug-likeness (QED) is 0.481. The molecule has 2 aromatic heterocycles. The number of hydrogen-bond acceptors (Lipinski definition) is 4. The van der Waals surface area contributed by atoms with E-state index >= 15 is 0 Å². The van der Waals surface area contributed by atoms with E-state index in [2.05, 4.69) is 15.5 Å². The van der Waals surface area contributed by atoms with Crippen molar-refractivity contribution >= 4 is 23.3 Å². The van der Waals surface area contributed by atoms with E-state index in [9.17, 15) is 9.18 Å². The molecular formula is C21H17ClFN5O2. The Hall–Kier alpha value is -3.65. The van der Waals surface area contributed by atoms with Gasteiger partial charge in [-0.25, -0.2) is 9.07 Å². The lowest BCUT2D eigenvalue weighted by molar-refractivity contribution is 0.101. The SMILES string of the molecule is O=C(Nc1ccn(Cc2ccccc2F)n1)c1ccn(COc2cccc(Cl)c2)n1. The monoisotopic (exact) mass is 425 g/mol. The number of amides is 1. The van der Waals surface area contributed by atoms with E-state index < -0.39 is 5.91 Å². The Morgan fingerprint density at radius 3 is 2.70 bits per heavy atom. The Morgan fingerprint density at radius 1 is 1.03 bits per heavy atom. The molecule has 9 heteroatoms. The van der Waals surface area contributed by atoms with Gasteiger partial charge in [-0.15, -0.1) is 0 Å². The first-order chi connectivity index (χ1) is 14.6. The minimum atomic E-state index is -0.410. The second-order valence-electron chi connectivity index (χ2n) is 6.42. The van der Waals surface area contributed by atoms with Gasteiger partial charge in [0.15, 0.2) is 18.2 Å². The van der Waals surface area contributed by atoms with Gasteiger partial charge in [0.25, 0.3) is 5.91 Å². The molecular weight excluding hydrogens is 409 g/mol. The predicted molar refractivity (Wildman–Crippen MR) is 110 cm³/mol. The molecule has 2 heterocycles. The third-order valence-corrected chi connectivity index (χ3v) is 4.44. The lowest BCUT2D eigenvalue weighted by atomic mass is 10.2. The lowest BCUT2D eigenvalue weighted by Gasteiger charge is -2.06. The molecule has 1 amide bonds. The lowest BCUT2D eigenvalue weighted by Crippen LogP contribution is -2.15. The van der Waals surface area contributed by atoms with Crippen LogP contribution in [0.15, 0.2) is 73.1 Å². The zero-order valence-corrected chi connectivity index (χ0v) is 16.5. The highest BCUT2D eigenvalue weighted by Crippen LogP contribution is 2.17. The molecule has 0 aliphatic carbocycles. The van der Waals surface area contributed by atoms with Crippen LogP contribution in [-0.4, -0.2) is 25.5 Å². The average Bonchev–Trinajstić information content (AvgIpc) is 3.38. The van der Waals surface area contributed by atoms with Crippen molar-refractivity contribution in [1.82, 2.24) is 19.6 Å². The van der Waals surface area contributed by atoms with Gasteiger partial charge in [0.1, 0.15) is 11.6 Å². The van der Waals surface area contributed by atoms with Crippen LogP contribution in [0.2, 0.25) is 5.02 Å². The van der Waals surface area contributed by atoms with Crippen LogP contribution in [0.4, 0.5) is 10.2 Å². The molecule has 7 nitrogen and oxygen atoms in total. The third-order valence-electron chi connectivity index (χ3n) is 4.21. The molecule has 152 valence electrons. The minimum Gasteiger partial charge on any atom is -0.471 e. The molecule has 0 saturated heterocycles. The van der Waals surface area contributed by atoms with E-state index in [-0.39, 0.29) is 24.8 Å². The van der Waals surface area contributed by atoms with Crippen molar-refractivity contribution in [3.63, 3.8) is 0 Å². The highest BCUT2D eigenvalue weighted by molar-refractivity contribution is 6.30. The van der Waals surface area contributed by atoms with Gasteiger partial charge in [-0.2, -0.15) is 10.2 Å². The first-order valence-corrected chi connectivity index (χ1v) is 9.45. The van der Waals surface area contributed by atoms with Gasteiger partial charge in [-0.05, 0) is 30.3 Å². The smallest absolute Gasteiger partial charge is 0.277 e. The number of hydrogen-bond donors (Lipinski definition) is 1. The van der Waals surface area contributed by atoms with Crippen molar-refractivity contribution in [3.8, 4) is 5.75 Å². The summed E-state index contributed by atoms with van der Waals surface area (Å²) in [4.78, 5) is 12.4. The summed E-state index contributed by atoms with van der Waals surface area (Å²) in [6, 6.07) is 16.7. The summed E-state index contributed by atoms with van der Waals surface area (Å²) in [6.07, 6.45) is 3.30. The molecule has 30 heavy (non-hydrogen) atoms. The zero-order valence-electron chi connectivity index (χ0n) is 15.7. The highest BCUT2D eigenvalue weighted by Gasteiger charge is 2.12. The molecule has 0 fully saturated rings. The summed E-state index contributed by atoms with van der Waals surface area (Å²) in [5.41, 5.74) is 0.727. The van der Waals surface area contributed by atoms with Crippen LogP contribution < -0.4 is 10.1 Å². The van der Waals surface area contributed by atoms with Crippen LogP contribution in [0.3, 0.4) is 0 Å². The van der Waals surface area contributed by atoms with E-state index in [0.717, 1.165) is 0 Å². The number of nitrogens with one attached hydrogen (secondary N) is 1. The van der Waals surface area contributed by atoms with Gasteiger partial charge in [0, 0.05) is 29.0 Å². The fourth-order valence-electron chi connectivity index (χ4n) is 2.75. The second-order valence-corrected chi connectivity index (χ2v) is 6.85. The third kappa shape index (κ3) is 4.84. The summed E-state index contributed by atoms with van der Waals surface area (Å²) < 4.78 is 22.4. The summed E-state index contributed by atoms with van der Waals surface area (Å²) >= 11 is 5.92. The molecule has 0 spiro atoms. The van der Waals surface area contributed by atoms with Crippen LogP contribution in [-0.2, 0) is 13.3 Å². The number of nitrogens with zero attached hydrogens (tertiary/aromatic N) is 4. The summed E-state index contributed by atoms with van der Waals surface area (Å²) in [7, 11) is 0. The number of carbonyl (C=O) groups is 1. The Kier molecular flexibility index (Phi) is 5.76. The second kappa shape index (κ2) is 8.79. The van der Waals surface area contributed by atoms with E-state index in [4.69, 9.17) is 16.3 Å². The Labute approximate surface area is 176 Å². The van der Waals surface area contributed by atoms with Gasteiger partial charge < -0.3 is 10.1 Å². The summed E-state index contributed by atoms with van der Waals surface area (Å²) in [5.74, 6) is 0.238. The molecule has 0 radical (unpaired) electrons. The summed E-state index contributed by atoms with van der Waals surface area (Å²) in [6.45, 7) is 0.392. The van der Waals surface area contributed by atoms with Crippen molar-refractivity contribution in [2.75, 3.05) is 5.32 Å². The normalized spacial score (nSPS) is 10.7. The molecule has 0 unspecified atom stereocenters. The maximum Gasteiger partial charge on any atom is 0.277 e. The van der Waals surface area contributed by atoms with E-state index in [1.165, 1.54) is 10.7 Å². The molecule has 0 atom stereocenters. The predicted octanol–water partition coefficient (Wildman–Crippen LogP) is 4.21. The van der Waals surface area contributed by atoms with E-state index in [1.807, 2.05) is 0 Å². The topological polar surface area (TPSA) is 74.0 Å². The Morgan fingerprint density at radius 2 is 1.87 bits per heavy atom. The molecule has 0 saturated carbocycles. The van der Waals surface area contributed by atoms with Crippen molar-refractivity contribution in [2.24, 2.45) is 0 Å². The van der Waals surface area contributed by atoms with Gasteiger partial charge in [-0.1, -0.05) is 35.9 Å². The number of benzene rings is 2. The minimum absolute atomic E-state index is 0.130. The van der Waals surface area contributed by atoms with Crippen molar-refractivity contribution in [2.45, 2.75) is 13.3 Å². The van der Waals surface area contributed by atoms with Crippen molar-refractivity contribution in [1.29, 1.82) is 0 Å². The first kappa shape index (κ1) is 19.7. The highest BCUT2D eigenvalue weighted by atomic mass is 35.5. The molecule has 0 aliphatic rings. The van der Waals surface area contributed by atoms with Gasteiger partial charge in [0.05, 0.1) is 6.54 Å². The first-order valence-electron chi connectivity index (χ1n) is 9.07. The number of rotatable bonds is 7. The molecule has 0 bridgehead atoms. The van der Waals surface area contributed by atoms with Gasteiger partial charge in [0.2, 0.25) is 0 Å². The maximum absolute atomic E-state index is 13.8. The largest absolute Gasteiger partial charge is 0.471 e. The molecule has 2 aromatic carbocycles.